The lowest BCUT2D eigenvalue weighted by molar-refractivity contribution is -0.399. The van der Waals surface area contributed by atoms with E-state index in [1.54, 1.807) is 7.11 Å². The van der Waals surface area contributed by atoms with Crippen LogP contribution in [-0.2, 0) is 36.3 Å². The predicted octanol–water partition coefficient (Wildman–Crippen LogP) is 8.83. The third-order valence-corrected chi connectivity index (χ3v) is 11.5. The van der Waals surface area contributed by atoms with Crippen LogP contribution in [0.15, 0.2) is 47.8 Å². The number of hydrogen-bond acceptors (Lipinski definition) is 11. The lowest BCUT2D eigenvalue weighted by Gasteiger charge is -2.33. The summed E-state index contributed by atoms with van der Waals surface area (Å²) in [4.78, 5) is 32.4. The van der Waals surface area contributed by atoms with Gasteiger partial charge in [0.05, 0.1) is 5.75 Å². The van der Waals surface area contributed by atoms with Crippen LogP contribution in [0.2, 0.25) is 0 Å². The Balaban J connectivity index is 0. The highest BCUT2D eigenvalue weighted by Crippen LogP contribution is 2.57. The second-order valence-corrected chi connectivity index (χ2v) is 18.0. The van der Waals surface area contributed by atoms with Crippen molar-refractivity contribution < 1.29 is 110 Å². The molecule has 0 saturated heterocycles. The smallest absolute Gasteiger partial charge is 0.382 e. The fourth-order valence-electron chi connectivity index (χ4n) is 3.95. The van der Waals surface area contributed by atoms with Crippen LogP contribution in [0, 0.1) is 0 Å². The van der Waals surface area contributed by atoms with Gasteiger partial charge in [-0.2, -0.15) is 79.0 Å². The molecule has 2 heterocycles. The monoisotopic (exact) mass is 1040 g/mol. The van der Waals surface area contributed by atoms with Gasteiger partial charge < -0.3 is 9.64 Å². The minimum atomic E-state index is -7.09. The van der Waals surface area contributed by atoms with Crippen molar-refractivity contribution in [3.63, 3.8) is 0 Å². The van der Waals surface area contributed by atoms with Crippen LogP contribution >= 0.6 is 0 Å². The summed E-state index contributed by atoms with van der Waals surface area (Å²) >= 11 is 0. The fraction of sp³-hybridized carbons (Fsp3) is 0.600. The molecule has 2 aromatic rings. The predicted molar refractivity (Wildman–Crippen MR) is 199 cm³/mol. The zero-order valence-electron chi connectivity index (χ0n) is 34.5. The minimum Gasteiger partial charge on any atom is -0.382 e. The molecular formula is C35H42F18N4O7S2. The standard InChI is InChI=1S/C16H15F9N2O3S.C13H10F9NO3S.C5H13NO.CH4/c1-4-31(29,30)11(8-27(2)3)12(28)10-6-5-9(7-26-10)13(17,18)14(19,20)15(21,22)16(23,24)25;1-2-27(25,26)6-9(24)8-4-3-7(5-23-8)10(14,15)11(16,17)12(18,19)13(20,21)22;1-5(7-4)6(2)3;/h5-8H,4H2,1-3H3;3-5H,2,6H2,1H3;5H,1-4H3;1H4. The van der Waals surface area contributed by atoms with E-state index >= 15 is 0 Å². The Bertz CT molecular complexity index is 2180. The number of carbonyl (C=O) groups is 2. The van der Waals surface area contributed by atoms with Crippen molar-refractivity contribution in [2.45, 2.75) is 82.3 Å². The van der Waals surface area contributed by atoms with E-state index in [0.29, 0.717) is 12.1 Å². The van der Waals surface area contributed by atoms with Crippen molar-refractivity contribution in [3.8, 4) is 0 Å². The SMILES string of the molecule is C.CCS(=O)(=O)C(=CN(C)C)C(=O)c1ccc(C(F)(F)C(F)(F)C(F)(F)C(F)(F)F)cn1.CCS(=O)(=O)CC(=O)c1ccc(C(F)(F)C(F)(F)C(F)(F)C(F)(F)F)cn1.COC(C)N(C)C. The van der Waals surface area contributed by atoms with Gasteiger partial charge in [0, 0.05) is 56.7 Å². The van der Waals surface area contributed by atoms with Crippen molar-refractivity contribution in [3.05, 3.63) is 70.3 Å². The normalized spacial score (nSPS) is 14.3. The molecule has 2 rings (SSSR count). The van der Waals surface area contributed by atoms with E-state index in [-0.39, 0.29) is 38.2 Å². The van der Waals surface area contributed by atoms with Crippen LogP contribution in [0.1, 0.15) is 60.3 Å². The molecule has 11 nitrogen and oxygen atoms in total. The van der Waals surface area contributed by atoms with Gasteiger partial charge in [-0.15, -0.1) is 0 Å². The number of pyridine rings is 2. The number of sulfone groups is 2. The third kappa shape index (κ3) is 14.1. The first-order valence-corrected chi connectivity index (χ1v) is 20.7. The molecule has 0 aliphatic rings. The number of halogens is 18. The highest BCUT2D eigenvalue weighted by atomic mass is 32.2. The molecule has 0 radical (unpaired) electrons. The summed E-state index contributed by atoms with van der Waals surface area (Å²) in [5.41, 5.74) is -5.70. The average Bonchev–Trinajstić information content (AvgIpc) is 3.18. The number of carbonyl (C=O) groups excluding carboxylic acids is 2. The molecule has 1 atom stereocenters. The summed E-state index contributed by atoms with van der Waals surface area (Å²) in [5.74, 6) is -44.6. The van der Waals surface area contributed by atoms with Crippen LogP contribution in [0.4, 0.5) is 79.0 Å². The van der Waals surface area contributed by atoms with Crippen molar-refractivity contribution in [1.29, 1.82) is 0 Å². The van der Waals surface area contributed by atoms with E-state index in [2.05, 4.69) is 9.97 Å². The second kappa shape index (κ2) is 22.2. The number of hydrogen-bond donors (Lipinski definition) is 0. The first-order valence-electron chi connectivity index (χ1n) is 17.2. The molecule has 0 amide bonds. The number of rotatable bonds is 17. The molecule has 2 aromatic heterocycles. The molecular weight excluding hydrogens is 995 g/mol. The van der Waals surface area contributed by atoms with Gasteiger partial charge in [-0.3, -0.25) is 24.5 Å². The molecule has 1 unspecified atom stereocenters. The molecule has 382 valence electrons. The molecule has 0 aliphatic heterocycles. The number of methoxy groups -OCH3 is 1. The van der Waals surface area contributed by atoms with E-state index in [9.17, 15) is 105 Å². The van der Waals surface area contributed by atoms with Crippen LogP contribution < -0.4 is 0 Å². The largest absolute Gasteiger partial charge is 0.460 e. The Morgan fingerprint density at radius 3 is 1.24 bits per heavy atom. The lowest BCUT2D eigenvalue weighted by Crippen LogP contribution is -2.59. The molecule has 0 aromatic carbocycles. The zero-order valence-corrected chi connectivity index (χ0v) is 36.1. The highest BCUT2D eigenvalue weighted by Gasteiger charge is 2.83. The number of alkyl halides is 18. The van der Waals surface area contributed by atoms with Crippen LogP contribution in [0.3, 0.4) is 0 Å². The van der Waals surface area contributed by atoms with Crippen LogP contribution in [0.5, 0.6) is 0 Å². The summed E-state index contributed by atoms with van der Waals surface area (Å²) < 4.78 is 285. The van der Waals surface area contributed by atoms with Gasteiger partial charge in [0.1, 0.15) is 28.3 Å². The molecule has 0 saturated carbocycles. The third-order valence-electron chi connectivity index (χ3n) is 8.23. The van der Waals surface area contributed by atoms with E-state index in [4.69, 9.17) is 4.74 Å². The second-order valence-electron chi connectivity index (χ2n) is 13.4. The Morgan fingerprint density at radius 2 is 1.00 bits per heavy atom. The molecule has 31 heteroatoms. The first kappa shape index (κ1) is 63.8. The molecule has 0 aliphatic carbocycles. The van der Waals surface area contributed by atoms with Crippen LogP contribution in [-0.4, -0.2) is 143 Å². The van der Waals surface area contributed by atoms with Crippen LogP contribution in [0.25, 0.3) is 0 Å². The number of nitrogens with zero attached hydrogens (tertiary/aromatic N) is 4. The van der Waals surface area contributed by atoms with Crippen molar-refractivity contribution in [2.75, 3.05) is 52.6 Å². The van der Waals surface area contributed by atoms with Gasteiger partial charge in [-0.05, 0) is 45.3 Å². The maximum Gasteiger partial charge on any atom is 0.460 e. The van der Waals surface area contributed by atoms with Gasteiger partial charge in [-0.1, -0.05) is 21.3 Å². The molecule has 0 fully saturated rings. The zero-order chi connectivity index (χ0) is 52.0. The van der Waals surface area contributed by atoms with Gasteiger partial charge in [-0.25, -0.2) is 16.8 Å². The number of allylic oxidation sites excluding steroid dienone is 1. The quantitative estimate of drug-likeness (QED) is 0.0649. The number of Topliss-reactive ketones (excluding diaryl/α,β-unsaturated/α-hetero) is 2. The maximum atomic E-state index is 13.9. The van der Waals surface area contributed by atoms with E-state index in [0.717, 1.165) is 11.1 Å². The van der Waals surface area contributed by atoms with Crippen molar-refractivity contribution in [1.82, 2.24) is 19.8 Å². The Labute approximate surface area is 366 Å². The van der Waals surface area contributed by atoms with E-state index in [1.807, 2.05) is 25.9 Å². The first-order chi connectivity index (χ1) is 28.8. The average molecular weight is 1040 g/mol. The summed E-state index contributed by atoms with van der Waals surface area (Å²) in [5, 5.41) is 0. The number of ketones is 2. The van der Waals surface area contributed by atoms with Gasteiger partial charge in [0.15, 0.2) is 25.5 Å². The number of ether oxygens (including phenoxy) is 1. The molecule has 0 N–H and O–H groups in total. The summed E-state index contributed by atoms with van der Waals surface area (Å²) in [6, 6.07) is 0.590. The van der Waals surface area contributed by atoms with E-state index in [1.165, 1.54) is 27.9 Å². The van der Waals surface area contributed by atoms with Gasteiger partial charge >= 0.3 is 47.9 Å². The summed E-state index contributed by atoms with van der Waals surface area (Å²) in [7, 11) is 0.342. The Hall–Kier alpha value is -4.26. The fourth-order valence-corrected chi connectivity index (χ4v) is 5.78. The topological polar surface area (TPSA) is 144 Å². The van der Waals surface area contributed by atoms with Crippen molar-refractivity contribution in [2.24, 2.45) is 0 Å². The molecule has 66 heavy (non-hydrogen) atoms. The Kier molecular flexibility index (Phi) is 21.5. The summed E-state index contributed by atoms with van der Waals surface area (Å²) in [6.07, 6.45) is -13.3. The number of aromatic nitrogens is 2. The van der Waals surface area contributed by atoms with Crippen molar-refractivity contribution >= 4 is 31.2 Å². The lowest BCUT2D eigenvalue weighted by atomic mass is 9.97. The van der Waals surface area contributed by atoms with Gasteiger partial charge in [0.2, 0.25) is 5.78 Å². The minimum absolute atomic E-state index is 0. The Morgan fingerprint density at radius 1 is 0.636 bits per heavy atom. The highest BCUT2D eigenvalue weighted by molar-refractivity contribution is 7.96. The molecule has 0 spiro atoms. The van der Waals surface area contributed by atoms with E-state index < -0.39 is 124 Å². The maximum absolute atomic E-state index is 13.9. The summed E-state index contributed by atoms with van der Waals surface area (Å²) in [6.45, 7) is 4.38. The van der Waals surface area contributed by atoms with Gasteiger partial charge in [0.25, 0.3) is 0 Å². The molecule has 0 bridgehead atoms.